The van der Waals surface area contributed by atoms with E-state index in [4.69, 9.17) is 10.1 Å². The molecule has 3 aromatic rings. The van der Waals surface area contributed by atoms with Crippen molar-refractivity contribution in [3.05, 3.63) is 47.4 Å². The Morgan fingerprint density at radius 1 is 1.10 bits per heavy atom. The molecule has 1 aliphatic heterocycles. The Labute approximate surface area is 172 Å². The summed E-state index contributed by atoms with van der Waals surface area (Å²) in [6.45, 7) is 8.97. The van der Waals surface area contributed by atoms with Gasteiger partial charge >= 0.3 is 0 Å². The Morgan fingerprint density at radius 2 is 1.86 bits per heavy atom. The molecule has 7 heteroatoms. The highest BCUT2D eigenvalue weighted by molar-refractivity contribution is 5.61. The molecule has 1 saturated heterocycles. The molecule has 2 N–H and O–H groups in total. The molecule has 4 heterocycles. The number of hydrogen-bond acceptors (Lipinski definition) is 6. The maximum atomic E-state index is 7.57. The summed E-state index contributed by atoms with van der Waals surface area (Å²) in [6, 6.07) is 6.29. The number of aliphatic hydroxyl groups is 1. The van der Waals surface area contributed by atoms with Gasteiger partial charge in [-0.25, -0.2) is 4.98 Å². The molecule has 0 saturated carbocycles. The summed E-state index contributed by atoms with van der Waals surface area (Å²) >= 11 is 0. The second-order valence-electron chi connectivity index (χ2n) is 7.28. The molecule has 0 aliphatic carbocycles. The number of rotatable bonds is 5. The quantitative estimate of drug-likeness (QED) is 0.686. The Balaban J connectivity index is 0.000000755. The van der Waals surface area contributed by atoms with E-state index in [0.29, 0.717) is 6.54 Å². The van der Waals surface area contributed by atoms with Crippen LogP contribution in [0.15, 0.2) is 30.6 Å². The van der Waals surface area contributed by atoms with Crippen LogP contribution in [0.2, 0.25) is 0 Å². The van der Waals surface area contributed by atoms with Crippen molar-refractivity contribution < 1.29 is 5.11 Å². The fourth-order valence-electron chi connectivity index (χ4n) is 3.45. The number of aryl methyl sites for hydroxylation is 2. The van der Waals surface area contributed by atoms with E-state index >= 15 is 0 Å². The van der Waals surface area contributed by atoms with Crippen LogP contribution in [0.5, 0.6) is 0 Å². The predicted molar refractivity (Wildman–Crippen MR) is 117 cm³/mol. The fraction of sp³-hybridized carbons (Fsp3) is 0.500. The van der Waals surface area contributed by atoms with E-state index in [1.165, 1.54) is 24.8 Å². The Bertz CT molecular complexity index is 900. The fourth-order valence-corrected chi connectivity index (χ4v) is 3.45. The normalized spacial score (nSPS) is 13.9. The minimum Gasteiger partial charge on any atom is -0.397 e. The first-order valence-corrected chi connectivity index (χ1v) is 10.5. The number of nitrogens with one attached hydrogen (secondary N) is 1. The second-order valence-corrected chi connectivity index (χ2v) is 7.28. The monoisotopic (exact) mass is 396 g/mol. The topological polar surface area (TPSA) is 78.6 Å². The molecule has 1 aliphatic rings. The smallest absolute Gasteiger partial charge is 0.162 e. The van der Waals surface area contributed by atoms with E-state index in [0.717, 1.165) is 48.1 Å². The van der Waals surface area contributed by atoms with E-state index in [2.05, 4.69) is 39.4 Å². The van der Waals surface area contributed by atoms with Gasteiger partial charge in [-0.3, -0.25) is 4.98 Å². The average Bonchev–Trinajstić information content (AvgIpc) is 3.17. The van der Waals surface area contributed by atoms with Gasteiger partial charge in [0.25, 0.3) is 0 Å². The van der Waals surface area contributed by atoms with Crippen molar-refractivity contribution in [2.45, 2.75) is 53.0 Å². The lowest BCUT2D eigenvalue weighted by Gasteiger charge is -2.28. The van der Waals surface area contributed by atoms with Crippen molar-refractivity contribution in [3.63, 3.8) is 0 Å². The maximum absolute atomic E-state index is 7.57. The molecular weight excluding hydrogens is 364 g/mol. The third-order valence-corrected chi connectivity index (χ3v) is 5.04. The number of aromatic nitrogens is 4. The van der Waals surface area contributed by atoms with Crippen molar-refractivity contribution in [2.75, 3.05) is 29.9 Å². The van der Waals surface area contributed by atoms with E-state index in [9.17, 15) is 0 Å². The van der Waals surface area contributed by atoms with Gasteiger partial charge in [0, 0.05) is 49.8 Å². The van der Waals surface area contributed by atoms with E-state index in [1.807, 2.05) is 29.9 Å². The van der Waals surface area contributed by atoms with Crippen LogP contribution in [0.4, 0.5) is 11.6 Å². The number of anilines is 2. The molecular formula is C22H32N6O. The summed E-state index contributed by atoms with van der Waals surface area (Å²) in [7, 11) is 0. The lowest BCUT2D eigenvalue weighted by atomic mass is 10.1. The van der Waals surface area contributed by atoms with Gasteiger partial charge in [0.15, 0.2) is 5.65 Å². The van der Waals surface area contributed by atoms with Crippen LogP contribution in [-0.4, -0.2) is 44.4 Å². The van der Waals surface area contributed by atoms with Crippen molar-refractivity contribution >= 4 is 17.3 Å². The largest absolute Gasteiger partial charge is 0.397 e. The molecule has 1 fully saturated rings. The first kappa shape index (κ1) is 21.0. The van der Waals surface area contributed by atoms with Gasteiger partial charge in [0.2, 0.25) is 0 Å². The second kappa shape index (κ2) is 10.2. The van der Waals surface area contributed by atoms with Gasteiger partial charge < -0.3 is 15.3 Å². The van der Waals surface area contributed by atoms with Gasteiger partial charge in [-0.2, -0.15) is 9.61 Å². The van der Waals surface area contributed by atoms with Gasteiger partial charge in [0.05, 0.1) is 6.20 Å². The van der Waals surface area contributed by atoms with E-state index in [-0.39, 0.29) is 6.61 Å². The van der Waals surface area contributed by atoms with Crippen molar-refractivity contribution in [3.8, 4) is 0 Å². The van der Waals surface area contributed by atoms with E-state index in [1.54, 1.807) is 6.92 Å². The van der Waals surface area contributed by atoms with Crippen LogP contribution in [0.1, 0.15) is 49.9 Å². The molecule has 0 amide bonds. The zero-order valence-electron chi connectivity index (χ0n) is 17.7. The first-order valence-electron chi connectivity index (χ1n) is 10.5. The molecule has 0 aromatic carbocycles. The maximum Gasteiger partial charge on any atom is 0.162 e. The Morgan fingerprint density at radius 3 is 2.52 bits per heavy atom. The highest BCUT2D eigenvalue weighted by Crippen LogP contribution is 2.24. The van der Waals surface area contributed by atoms with Crippen molar-refractivity contribution in [1.82, 2.24) is 19.6 Å². The highest BCUT2D eigenvalue weighted by Gasteiger charge is 2.17. The molecule has 0 bridgehead atoms. The zero-order valence-corrected chi connectivity index (χ0v) is 17.7. The average molecular weight is 397 g/mol. The predicted octanol–water partition coefficient (Wildman–Crippen LogP) is 3.60. The van der Waals surface area contributed by atoms with Crippen molar-refractivity contribution in [2.24, 2.45) is 0 Å². The molecule has 29 heavy (non-hydrogen) atoms. The van der Waals surface area contributed by atoms with Crippen LogP contribution < -0.4 is 10.2 Å². The highest BCUT2D eigenvalue weighted by atomic mass is 16.2. The SMILES string of the molecule is CCO.CCc1cnn2c(NCc3ccc(C)nc3)cc(N3CCCCC3)nc12. The molecule has 4 rings (SSSR count). The summed E-state index contributed by atoms with van der Waals surface area (Å²) in [4.78, 5) is 11.7. The Kier molecular flexibility index (Phi) is 7.41. The van der Waals surface area contributed by atoms with Crippen LogP contribution >= 0.6 is 0 Å². The number of aliphatic hydroxyl groups excluding tert-OH is 1. The summed E-state index contributed by atoms with van der Waals surface area (Å²) in [5, 5.41) is 15.7. The Hall–Kier alpha value is -2.67. The van der Waals surface area contributed by atoms with E-state index < -0.39 is 0 Å². The molecule has 7 nitrogen and oxygen atoms in total. The van der Waals surface area contributed by atoms with Gasteiger partial charge in [-0.05, 0) is 51.2 Å². The third-order valence-electron chi connectivity index (χ3n) is 5.04. The molecule has 0 unspecified atom stereocenters. The summed E-state index contributed by atoms with van der Waals surface area (Å²) in [5.41, 5.74) is 4.33. The van der Waals surface area contributed by atoms with Gasteiger partial charge in [-0.15, -0.1) is 0 Å². The number of hydrogen-bond donors (Lipinski definition) is 2. The van der Waals surface area contributed by atoms with Crippen LogP contribution in [-0.2, 0) is 13.0 Å². The first-order chi connectivity index (χ1) is 14.2. The molecule has 0 radical (unpaired) electrons. The zero-order chi connectivity index (χ0) is 20.6. The van der Waals surface area contributed by atoms with Crippen LogP contribution in [0, 0.1) is 6.92 Å². The number of pyridine rings is 1. The summed E-state index contributed by atoms with van der Waals surface area (Å²) in [6.07, 6.45) is 8.58. The minimum absolute atomic E-state index is 0.250. The number of piperidine rings is 1. The molecule has 0 atom stereocenters. The lowest BCUT2D eigenvalue weighted by molar-refractivity contribution is 0.318. The minimum atomic E-state index is 0.250. The number of nitrogens with zero attached hydrogens (tertiary/aromatic N) is 5. The third kappa shape index (κ3) is 5.23. The molecule has 0 spiro atoms. The van der Waals surface area contributed by atoms with Crippen LogP contribution in [0.3, 0.4) is 0 Å². The summed E-state index contributed by atoms with van der Waals surface area (Å²) < 4.78 is 1.92. The van der Waals surface area contributed by atoms with Crippen molar-refractivity contribution in [1.29, 1.82) is 0 Å². The van der Waals surface area contributed by atoms with Crippen LogP contribution in [0.25, 0.3) is 5.65 Å². The molecule has 3 aromatic heterocycles. The standard InChI is InChI=1S/C20H26N6.C2H6O/c1-3-17-14-23-26-18(22-13-16-8-7-15(2)21-12-16)11-19(24-20(17)26)25-9-5-4-6-10-25;1-2-3/h7-8,11-12,14,22H,3-6,9-10,13H2,1-2H3;3H,2H2,1H3. The number of fused-ring (bicyclic) bond motifs is 1. The molecule has 156 valence electrons. The lowest BCUT2D eigenvalue weighted by Crippen LogP contribution is -2.30. The van der Waals surface area contributed by atoms with Gasteiger partial charge in [0.1, 0.15) is 11.6 Å². The van der Waals surface area contributed by atoms with Gasteiger partial charge in [-0.1, -0.05) is 13.0 Å². The summed E-state index contributed by atoms with van der Waals surface area (Å²) in [5.74, 6) is 2.03.